The lowest BCUT2D eigenvalue weighted by molar-refractivity contribution is -0.120. The summed E-state index contributed by atoms with van der Waals surface area (Å²) in [5.41, 5.74) is -0.265. The van der Waals surface area contributed by atoms with Crippen molar-refractivity contribution in [1.29, 1.82) is 0 Å². The number of nitrogens with zero attached hydrogens (tertiary/aromatic N) is 2. The summed E-state index contributed by atoms with van der Waals surface area (Å²) in [7, 11) is 0. The molecule has 1 aliphatic rings. The molecule has 1 fully saturated rings. The van der Waals surface area contributed by atoms with Gasteiger partial charge in [-0.3, -0.25) is 19.5 Å². The van der Waals surface area contributed by atoms with Gasteiger partial charge in [0.15, 0.2) is 0 Å². The van der Waals surface area contributed by atoms with Crippen molar-refractivity contribution in [2.24, 2.45) is 0 Å². The smallest absolute Gasteiger partial charge is 0.321 e. The molecule has 2 heterocycles. The van der Waals surface area contributed by atoms with E-state index in [0.717, 1.165) is 24.1 Å². The number of carbonyl (C=O) groups is 2. The van der Waals surface area contributed by atoms with Gasteiger partial charge in [-0.1, -0.05) is 6.92 Å². The second-order valence-corrected chi connectivity index (χ2v) is 6.37. The summed E-state index contributed by atoms with van der Waals surface area (Å²) in [6, 6.07) is 1.47. The standard InChI is InChI=1S/C14H16N4O3S/c1-2-9-5-10-12(22-9)15-7-18(13(10)20)6-11(19)17-14(21)16-8-3-4-8/h5,7-8H,2-4,6H2,1H3,(H2,16,17,19,21). The van der Waals surface area contributed by atoms with E-state index in [0.29, 0.717) is 10.2 Å². The lowest BCUT2D eigenvalue weighted by atomic mass is 10.3. The van der Waals surface area contributed by atoms with Crippen LogP contribution in [0, 0.1) is 0 Å². The molecule has 3 amide bonds. The third kappa shape index (κ3) is 3.16. The highest BCUT2D eigenvalue weighted by molar-refractivity contribution is 7.18. The number of amides is 3. The average Bonchev–Trinajstić information content (AvgIpc) is 3.17. The summed E-state index contributed by atoms with van der Waals surface area (Å²) in [4.78, 5) is 41.6. The van der Waals surface area contributed by atoms with E-state index in [4.69, 9.17) is 0 Å². The van der Waals surface area contributed by atoms with Crippen LogP contribution in [0.4, 0.5) is 4.79 Å². The average molecular weight is 320 g/mol. The first-order chi connectivity index (χ1) is 10.6. The van der Waals surface area contributed by atoms with E-state index in [1.165, 1.54) is 22.2 Å². The van der Waals surface area contributed by atoms with Crippen LogP contribution in [0.5, 0.6) is 0 Å². The number of nitrogens with one attached hydrogen (secondary N) is 2. The number of thiophene rings is 1. The normalized spacial score (nSPS) is 14.0. The first kappa shape index (κ1) is 14.7. The van der Waals surface area contributed by atoms with Crippen LogP contribution >= 0.6 is 11.3 Å². The summed E-state index contributed by atoms with van der Waals surface area (Å²) in [5.74, 6) is -0.535. The Morgan fingerprint density at radius 1 is 1.45 bits per heavy atom. The summed E-state index contributed by atoms with van der Waals surface area (Å²) < 4.78 is 1.22. The van der Waals surface area contributed by atoms with Crippen molar-refractivity contribution in [3.05, 3.63) is 27.6 Å². The first-order valence-electron chi connectivity index (χ1n) is 7.15. The van der Waals surface area contributed by atoms with Crippen LogP contribution < -0.4 is 16.2 Å². The maximum atomic E-state index is 12.3. The molecule has 0 spiro atoms. The maximum absolute atomic E-state index is 12.3. The predicted octanol–water partition coefficient (Wildman–Crippen LogP) is 1.01. The van der Waals surface area contributed by atoms with Crippen molar-refractivity contribution >= 4 is 33.5 Å². The fourth-order valence-electron chi connectivity index (χ4n) is 2.07. The number of hydrogen-bond acceptors (Lipinski definition) is 5. The number of urea groups is 1. The molecule has 0 aromatic carbocycles. The van der Waals surface area contributed by atoms with E-state index >= 15 is 0 Å². The van der Waals surface area contributed by atoms with Crippen LogP contribution in [0.1, 0.15) is 24.6 Å². The van der Waals surface area contributed by atoms with Crippen LogP contribution in [0.3, 0.4) is 0 Å². The third-order valence-corrected chi connectivity index (χ3v) is 4.58. The van der Waals surface area contributed by atoms with E-state index < -0.39 is 11.9 Å². The summed E-state index contributed by atoms with van der Waals surface area (Å²) in [6.45, 7) is 1.78. The molecule has 22 heavy (non-hydrogen) atoms. The van der Waals surface area contributed by atoms with Crippen LogP contribution in [0.25, 0.3) is 10.2 Å². The Morgan fingerprint density at radius 3 is 2.91 bits per heavy atom. The zero-order valence-electron chi connectivity index (χ0n) is 12.1. The van der Waals surface area contributed by atoms with Crippen molar-refractivity contribution < 1.29 is 9.59 Å². The zero-order valence-corrected chi connectivity index (χ0v) is 12.9. The Kier molecular flexibility index (Phi) is 3.93. The molecule has 2 aromatic heterocycles. The first-order valence-corrected chi connectivity index (χ1v) is 7.96. The largest absolute Gasteiger partial charge is 0.335 e. The number of rotatable bonds is 4. The molecule has 0 aliphatic heterocycles. The Morgan fingerprint density at radius 2 is 2.23 bits per heavy atom. The molecule has 1 aliphatic carbocycles. The lowest BCUT2D eigenvalue weighted by Crippen LogP contribution is -2.42. The van der Waals surface area contributed by atoms with Crippen LogP contribution in [0.2, 0.25) is 0 Å². The van der Waals surface area contributed by atoms with Crippen molar-refractivity contribution in [3.8, 4) is 0 Å². The summed E-state index contributed by atoms with van der Waals surface area (Å²) in [6.07, 6.45) is 4.07. The number of aromatic nitrogens is 2. The Hall–Kier alpha value is -2.22. The van der Waals surface area contributed by atoms with Gasteiger partial charge in [0.05, 0.1) is 11.7 Å². The second kappa shape index (κ2) is 5.88. The fourth-order valence-corrected chi connectivity index (χ4v) is 2.99. The van der Waals surface area contributed by atoms with Gasteiger partial charge in [-0.15, -0.1) is 11.3 Å². The van der Waals surface area contributed by atoms with Crippen LogP contribution in [-0.4, -0.2) is 27.5 Å². The van der Waals surface area contributed by atoms with Gasteiger partial charge in [-0.25, -0.2) is 9.78 Å². The van der Waals surface area contributed by atoms with Gasteiger partial charge in [0.2, 0.25) is 5.91 Å². The van der Waals surface area contributed by atoms with Crippen molar-refractivity contribution in [1.82, 2.24) is 20.2 Å². The fraction of sp³-hybridized carbons (Fsp3) is 0.429. The SMILES string of the molecule is CCc1cc2c(=O)n(CC(=O)NC(=O)NC3CC3)cnc2s1. The van der Waals surface area contributed by atoms with E-state index in [1.54, 1.807) is 0 Å². The minimum Gasteiger partial charge on any atom is -0.335 e. The summed E-state index contributed by atoms with van der Waals surface area (Å²) >= 11 is 1.47. The molecular weight excluding hydrogens is 304 g/mol. The zero-order chi connectivity index (χ0) is 15.7. The quantitative estimate of drug-likeness (QED) is 0.879. The van der Waals surface area contributed by atoms with Crippen LogP contribution in [-0.2, 0) is 17.8 Å². The minimum absolute atomic E-state index is 0.173. The molecule has 2 aromatic rings. The number of imide groups is 1. The number of carbonyl (C=O) groups excluding carboxylic acids is 2. The molecule has 0 saturated heterocycles. The van der Waals surface area contributed by atoms with Gasteiger partial charge in [0.1, 0.15) is 11.4 Å². The molecule has 7 nitrogen and oxygen atoms in total. The van der Waals surface area contributed by atoms with Crippen LogP contribution in [0.15, 0.2) is 17.2 Å². The van der Waals surface area contributed by atoms with Gasteiger partial charge < -0.3 is 5.32 Å². The van der Waals surface area contributed by atoms with Crippen molar-refractivity contribution in [2.75, 3.05) is 0 Å². The van der Waals surface area contributed by atoms with Gasteiger partial charge in [-0.05, 0) is 25.3 Å². The van der Waals surface area contributed by atoms with Gasteiger partial charge in [0.25, 0.3) is 5.56 Å². The van der Waals surface area contributed by atoms with E-state index in [1.807, 2.05) is 13.0 Å². The molecule has 0 bridgehead atoms. The highest BCUT2D eigenvalue weighted by atomic mass is 32.1. The van der Waals surface area contributed by atoms with Gasteiger partial charge in [-0.2, -0.15) is 0 Å². The van der Waals surface area contributed by atoms with E-state index in [2.05, 4.69) is 15.6 Å². The Labute approximate surface area is 130 Å². The highest BCUT2D eigenvalue weighted by Crippen LogP contribution is 2.21. The molecule has 1 saturated carbocycles. The molecule has 0 unspecified atom stereocenters. The molecule has 3 rings (SSSR count). The predicted molar refractivity (Wildman–Crippen MR) is 83.0 cm³/mol. The second-order valence-electron chi connectivity index (χ2n) is 5.26. The Bertz CT molecular complexity index is 791. The van der Waals surface area contributed by atoms with E-state index in [-0.39, 0.29) is 18.1 Å². The number of aryl methyl sites for hydroxylation is 1. The van der Waals surface area contributed by atoms with Crippen molar-refractivity contribution in [2.45, 2.75) is 38.8 Å². The van der Waals surface area contributed by atoms with Gasteiger partial charge >= 0.3 is 6.03 Å². The highest BCUT2D eigenvalue weighted by Gasteiger charge is 2.24. The molecule has 8 heteroatoms. The lowest BCUT2D eigenvalue weighted by Gasteiger charge is -2.07. The molecule has 0 radical (unpaired) electrons. The molecule has 116 valence electrons. The third-order valence-electron chi connectivity index (χ3n) is 3.40. The van der Waals surface area contributed by atoms with Crippen molar-refractivity contribution in [3.63, 3.8) is 0 Å². The topological polar surface area (TPSA) is 93.1 Å². The number of hydrogen-bond donors (Lipinski definition) is 2. The maximum Gasteiger partial charge on any atom is 0.321 e. The molecule has 0 atom stereocenters. The molecular formula is C14H16N4O3S. The Balaban J connectivity index is 1.72. The number of fused-ring (bicyclic) bond motifs is 1. The minimum atomic E-state index is -0.535. The van der Waals surface area contributed by atoms with E-state index in [9.17, 15) is 14.4 Å². The summed E-state index contributed by atoms with van der Waals surface area (Å²) in [5, 5.41) is 5.38. The monoisotopic (exact) mass is 320 g/mol. The van der Waals surface area contributed by atoms with Gasteiger partial charge in [0, 0.05) is 10.9 Å². The molecule has 2 N–H and O–H groups in total.